The van der Waals surface area contributed by atoms with Crippen molar-refractivity contribution in [2.75, 3.05) is 19.0 Å². The number of nitrogens with zero attached hydrogens (tertiary/aromatic N) is 1. The summed E-state index contributed by atoms with van der Waals surface area (Å²) in [6.45, 7) is 1.17. The largest absolute Gasteiger partial charge is 0.484 e. The second-order valence-electron chi connectivity index (χ2n) is 6.66. The van der Waals surface area contributed by atoms with Crippen molar-refractivity contribution in [1.29, 1.82) is 0 Å². The standard InChI is InChI=1S/C22H19FN2O6S/c1-13(21(28)30-2)25-20(27)18(32-22(25)29)11-14-3-9-17(10-4-14)31-12-19(26)24-16-7-5-15(23)6-8-16/h3-11,13H,12H2,1-2H3,(H,24,26)/b18-11+/t13-/m1/s1. The lowest BCUT2D eigenvalue weighted by Crippen LogP contribution is -2.42. The van der Waals surface area contributed by atoms with Crippen LogP contribution in [0.15, 0.2) is 53.4 Å². The summed E-state index contributed by atoms with van der Waals surface area (Å²) in [7, 11) is 1.18. The molecule has 1 N–H and O–H groups in total. The minimum Gasteiger partial charge on any atom is -0.484 e. The lowest BCUT2D eigenvalue weighted by Gasteiger charge is -2.18. The van der Waals surface area contributed by atoms with Gasteiger partial charge in [-0.05, 0) is 66.7 Å². The number of anilines is 1. The molecule has 0 spiro atoms. The van der Waals surface area contributed by atoms with Gasteiger partial charge < -0.3 is 14.8 Å². The smallest absolute Gasteiger partial charge is 0.328 e. The molecule has 1 saturated heterocycles. The summed E-state index contributed by atoms with van der Waals surface area (Å²) in [6, 6.07) is 10.9. The molecule has 3 amide bonds. The second kappa shape index (κ2) is 10.1. The number of thioether (sulfide) groups is 1. The summed E-state index contributed by atoms with van der Waals surface area (Å²) in [5.41, 5.74) is 1.08. The number of carbonyl (C=O) groups is 4. The number of imide groups is 1. The maximum atomic E-state index is 12.9. The van der Waals surface area contributed by atoms with E-state index in [2.05, 4.69) is 10.1 Å². The van der Waals surface area contributed by atoms with E-state index in [0.29, 0.717) is 17.0 Å². The molecule has 0 saturated carbocycles. The van der Waals surface area contributed by atoms with E-state index in [1.807, 2.05) is 0 Å². The van der Waals surface area contributed by atoms with Gasteiger partial charge in [-0.1, -0.05) is 12.1 Å². The van der Waals surface area contributed by atoms with Crippen molar-refractivity contribution >= 4 is 46.5 Å². The SMILES string of the molecule is COC(=O)[C@@H](C)N1C(=O)S/C(=C/c2ccc(OCC(=O)Nc3ccc(F)cc3)cc2)C1=O. The first-order chi connectivity index (χ1) is 15.3. The van der Waals surface area contributed by atoms with Crippen LogP contribution in [0.4, 0.5) is 14.9 Å². The van der Waals surface area contributed by atoms with E-state index in [4.69, 9.17) is 4.74 Å². The van der Waals surface area contributed by atoms with E-state index < -0.39 is 34.9 Å². The fourth-order valence-corrected chi connectivity index (χ4v) is 3.69. The van der Waals surface area contributed by atoms with E-state index in [1.165, 1.54) is 44.4 Å². The van der Waals surface area contributed by atoms with Gasteiger partial charge >= 0.3 is 5.97 Å². The quantitative estimate of drug-likeness (QED) is 0.501. The maximum Gasteiger partial charge on any atom is 0.328 e. The molecule has 8 nitrogen and oxygen atoms in total. The van der Waals surface area contributed by atoms with Gasteiger partial charge in [0.2, 0.25) is 0 Å². The summed E-state index contributed by atoms with van der Waals surface area (Å²) in [6.07, 6.45) is 1.53. The second-order valence-corrected chi connectivity index (χ2v) is 7.66. The number of carbonyl (C=O) groups excluding carboxylic acids is 4. The molecule has 2 aromatic rings. The summed E-state index contributed by atoms with van der Waals surface area (Å²) in [5.74, 6) is -1.64. The van der Waals surface area contributed by atoms with Crippen LogP contribution in [0.3, 0.4) is 0 Å². The molecule has 0 radical (unpaired) electrons. The van der Waals surface area contributed by atoms with Crippen molar-refractivity contribution in [1.82, 2.24) is 4.90 Å². The highest BCUT2D eigenvalue weighted by atomic mass is 32.2. The van der Waals surface area contributed by atoms with Crippen LogP contribution in [0.1, 0.15) is 12.5 Å². The molecule has 1 aliphatic rings. The third kappa shape index (κ3) is 5.52. The molecule has 3 rings (SSSR count). The van der Waals surface area contributed by atoms with E-state index in [9.17, 15) is 23.6 Å². The fraction of sp³-hybridized carbons (Fsp3) is 0.182. The molecule has 0 aliphatic carbocycles. The first-order valence-electron chi connectivity index (χ1n) is 9.41. The highest BCUT2D eigenvalue weighted by Gasteiger charge is 2.41. The molecule has 1 aliphatic heterocycles. The van der Waals surface area contributed by atoms with Crippen LogP contribution in [0.25, 0.3) is 6.08 Å². The van der Waals surface area contributed by atoms with Crippen molar-refractivity contribution in [3.05, 3.63) is 64.8 Å². The Morgan fingerprint density at radius 2 is 1.78 bits per heavy atom. The fourth-order valence-electron chi connectivity index (χ4n) is 2.78. The number of methoxy groups -OCH3 is 1. The topological polar surface area (TPSA) is 102 Å². The molecular formula is C22H19FN2O6S. The molecule has 0 aromatic heterocycles. The van der Waals surface area contributed by atoms with Crippen LogP contribution in [-0.4, -0.2) is 47.7 Å². The van der Waals surface area contributed by atoms with Gasteiger partial charge in [0.15, 0.2) is 6.61 Å². The number of halogens is 1. The van der Waals surface area contributed by atoms with Crippen LogP contribution in [0, 0.1) is 5.82 Å². The summed E-state index contributed by atoms with van der Waals surface area (Å²) < 4.78 is 22.9. The molecule has 0 unspecified atom stereocenters. The molecular weight excluding hydrogens is 439 g/mol. The molecule has 2 aromatic carbocycles. The first-order valence-corrected chi connectivity index (χ1v) is 10.2. The predicted molar refractivity (Wildman–Crippen MR) is 116 cm³/mol. The average Bonchev–Trinajstić information content (AvgIpc) is 3.06. The Labute approximate surface area is 187 Å². The molecule has 32 heavy (non-hydrogen) atoms. The Hall–Kier alpha value is -3.66. The Morgan fingerprint density at radius 3 is 2.41 bits per heavy atom. The Kier molecular flexibility index (Phi) is 7.26. The highest BCUT2D eigenvalue weighted by molar-refractivity contribution is 8.18. The molecule has 1 atom stereocenters. The number of benzene rings is 2. The number of rotatable bonds is 7. The highest BCUT2D eigenvalue weighted by Crippen LogP contribution is 2.34. The van der Waals surface area contributed by atoms with Crippen molar-refractivity contribution in [2.45, 2.75) is 13.0 Å². The van der Waals surface area contributed by atoms with Crippen LogP contribution in [0.2, 0.25) is 0 Å². The van der Waals surface area contributed by atoms with Crippen LogP contribution in [-0.2, 0) is 19.1 Å². The Morgan fingerprint density at radius 1 is 1.12 bits per heavy atom. The predicted octanol–water partition coefficient (Wildman–Crippen LogP) is 3.44. The Balaban J connectivity index is 1.58. The van der Waals surface area contributed by atoms with Gasteiger partial charge in [-0.3, -0.25) is 19.3 Å². The number of hydrogen-bond acceptors (Lipinski definition) is 7. The normalized spacial score (nSPS) is 15.6. The molecule has 166 valence electrons. The van der Waals surface area contributed by atoms with Crippen LogP contribution < -0.4 is 10.1 Å². The number of hydrogen-bond donors (Lipinski definition) is 1. The van der Waals surface area contributed by atoms with Crippen molar-refractivity contribution in [2.24, 2.45) is 0 Å². The summed E-state index contributed by atoms with van der Waals surface area (Å²) >= 11 is 0.736. The van der Waals surface area contributed by atoms with Crippen molar-refractivity contribution in [3.8, 4) is 5.75 Å². The van der Waals surface area contributed by atoms with E-state index in [1.54, 1.807) is 24.3 Å². The van der Waals surface area contributed by atoms with E-state index >= 15 is 0 Å². The number of esters is 1. The number of amides is 3. The van der Waals surface area contributed by atoms with Crippen LogP contribution in [0.5, 0.6) is 5.75 Å². The third-order valence-corrected chi connectivity index (χ3v) is 5.31. The molecule has 0 bridgehead atoms. The Bertz CT molecular complexity index is 1070. The summed E-state index contributed by atoms with van der Waals surface area (Å²) in [4.78, 5) is 49.3. The van der Waals surface area contributed by atoms with Gasteiger partial charge in [0.25, 0.3) is 17.1 Å². The lowest BCUT2D eigenvalue weighted by atomic mass is 10.2. The zero-order valence-electron chi connectivity index (χ0n) is 17.2. The zero-order valence-corrected chi connectivity index (χ0v) is 18.0. The van der Waals surface area contributed by atoms with Gasteiger partial charge in [0.05, 0.1) is 12.0 Å². The van der Waals surface area contributed by atoms with Crippen molar-refractivity contribution in [3.63, 3.8) is 0 Å². The van der Waals surface area contributed by atoms with E-state index in [-0.39, 0.29) is 11.5 Å². The maximum absolute atomic E-state index is 12.9. The molecule has 10 heteroatoms. The van der Waals surface area contributed by atoms with Crippen LogP contribution >= 0.6 is 11.8 Å². The number of nitrogens with one attached hydrogen (secondary N) is 1. The van der Waals surface area contributed by atoms with Crippen molar-refractivity contribution < 1.29 is 33.0 Å². The molecule has 1 heterocycles. The monoisotopic (exact) mass is 458 g/mol. The van der Waals surface area contributed by atoms with Gasteiger partial charge in [-0.15, -0.1) is 0 Å². The van der Waals surface area contributed by atoms with Gasteiger partial charge in [-0.2, -0.15) is 0 Å². The minimum absolute atomic E-state index is 0.179. The van der Waals surface area contributed by atoms with E-state index in [0.717, 1.165) is 16.7 Å². The first kappa shape index (κ1) is 23.0. The van der Waals surface area contributed by atoms with Gasteiger partial charge in [-0.25, -0.2) is 9.18 Å². The minimum atomic E-state index is -1.02. The third-order valence-electron chi connectivity index (χ3n) is 4.43. The average molecular weight is 458 g/mol. The lowest BCUT2D eigenvalue weighted by molar-refractivity contribution is -0.148. The zero-order chi connectivity index (χ0) is 23.3. The van der Waals surface area contributed by atoms with Gasteiger partial charge in [0.1, 0.15) is 17.6 Å². The van der Waals surface area contributed by atoms with Gasteiger partial charge in [0, 0.05) is 5.69 Å². The summed E-state index contributed by atoms with van der Waals surface area (Å²) in [5, 5.41) is 2.03. The number of ether oxygens (including phenoxy) is 2. The molecule has 1 fully saturated rings.